The maximum absolute atomic E-state index is 15.4. The molecule has 0 unspecified atom stereocenters. The summed E-state index contributed by atoms with van der Waals surface area (Å²) >= 11 is 0. The Labute approximate surface area is 374 Å². The summed E-state index contributed by atoms with van der Waals surface area (Å²) < 4.78 is 92.0. The summed E-state index contributed by atoms with van der Waals surface area (Å²) in [5, 5.41) is 28.0. The first kappa shape index (κ1) is 51.5. The fraction of sp³-hybridized carbons (Fsp3) is 0.412. The molecule has 9 nitrogen and oxygen atoms in total. The summed E-state index contributed by atoms with van der Waals surface area (Å²) in [5.74, 6) is -5.25. The number of alkyl halides is 4. The van der Waals surface area contributed by atoms with Crippen LogP contribution < -0.4 is 14.2 Å². The van der Waals surface area contributed by atoms with Gasteiger partial charge in [-0.1, -0.05) is 106 Å². The van der Waals surface area contributed by atoms with Crippen molar-refractivity contribution in [3.8, 4) is 23.0 Å². The Bertz CT molecular complexity index is 2000. The van der Waals surface area contributed by atoms with Gasteiger partial charge in [0.2, 0.25) is 0 Å². The number of aliphatic hydroxyl groups is 2. The van der Waals surface area contributed by atoms with E-state index in [2.05, 4.69) is 0 Å². The molecule has 3 N–H and O–H groups in total. The molecule has 5 aromatic rings. The number of rotatable bonds is 13. The topological polar surface area (TPSA) is 116 Å². The number of aromatic hydroxyl groups is 1. The van der Waals surface area contributed by atoms with Crippen LogP contribution in [0, 0.1) is 0 Å². The van der Waals surface area contributed by atoms with Crippen LogP contribution in [0.15, 0.2) is 140 Å². The van der Waals surface area contributed by atoms with Gasteiger partial charge in [0.05, 0.1) is 25.4 Å². The monoisotopic (exact) mass is 894 g/mol. The summed E-state index contributed by atoms with van der Waals surface area (Å²) in [6, 6.07) is 41.0. The van der Waals surface area contributed by atoms with E-state index in [4.69, 9.17) is 33.5 Å². The van der Waals surface area contributed by atoms with E-state index in [1.807, 2.05) is 91.0 Å². The summed E-state index contributed by atoms with van der Waals surface area (Å²) in [4.78, 5) is 0. The van der Waals surface area contributed by atoms with Crippen LogP contribution in [0.5, 0.6) is 23.0 Å². The molecule has 3 aliphatic rings. The number of halogens is 4. The smallest absolute Gasteiger partial charge is 0.286 e. The third-order valence-electron chi connectivity index (χ3n) is 10.6. The summed E-state index contributed by atoms with van der Waals surface area (Å²) in [5.41, 5.74) is 2.91. The zero-order valence-electron chi connectivity index (χ0n) is 34.3. The van der Waals surface area contributed by atoms with Gasteiger partial charge >= 0.3 is 0 Å². The molecule has 3 fully saturated rings. The molecule has 0 radical (unpaired) electrons. The van der Waals surface area contributed by atoms with E-state index in [1.54, 1.807) is 24.3 Å². The first-order chi connectivity index (χ1) is 30.0. The largest absolute Gasteiger partial charge is 0.508 e. The van der Waals surface area contributed by atoms with Gasteiger partial charge in [-0.05, 0) is 90.9 Å². The molecule has 0 amide bonds. The van der Waals surface area contributed by atoms with Crippen molar-refractivity contribution in [3.05, 3.63) is 156 Å². The third-order valence-corrected chi connectivity index (χ3v) is 10.6. The first-order valence-corrected chi connectivity index (χ1v) is 20.9. The Kier molecular flexibility index (Phi) is 20.4. The van der Waals surface area contributed by atoms with Crippen molar-refractivity contribution in [2.24, 2.45) is 0 Å². The highest BCUT2D eigenvalue weighted by molar-refractivity contribution is 5.33. The van der Waals surface area contributed by atoms with E-state index in [1.165, 1.54) is 37.1 Å². The summed E-state index contributed by atoms with van der Waals surface area (Å²) in [6.45, 7) is 2.90. The van der Waals surface area contributed by atoms with Gasteiger partial charge in [0, 0.05) is 26.1 Å². The Morgan fingerprint density at radius 2 is 0.969 bits per heavy atom. The SMILES string of the molecule is C.C.C1CCOC1.FC1(F)CC[C@H](OCc2ccccc2)[C@@H](OCc2ccccc2)[C@H]1Oc1ccc(OCc2ccccc2)cc1.Oc1ccc(O[C@@H]2[C@H](O)[C@@H](O)CCC2(F)F)cc1. The summed E-state index contributed by atoms with van der Waals surface area (Å²) in [6.07, 6.45) is -5.98. The van der Waals surface area contributed by atoms with Gasteiger partial charge in [-0.3, -0.25) is 0 Å². The Morgan fingerprint density at radius 3 is 1.48 bits per heavy atom. The number of phenols is 1. The quantitative estimate of drug-likeness (QED) is 0.0994. The minimum Gasteiger partial charge on any atom is -0.508 e. The minimum absolute atomic E-state index is 0. The Morgan fingerprint density at radius 1 is 0.531 bits per heavy atom. The Hall–Kier alpha value is -5.18. The van der Waals surface area contributed by atoms with Crippen molar-refractivity contribution in [3.63, 3.8) is 0 Å². The van der Waals surface area contributed by atoms with Crippen LogP contribution in [-0.4, -0.2) is 77.0 Å². The number of ether oxygens (including phenoxy) is 6. The van der Waals surface area contributed by atoms with Gasteiger partial charge in [0.25, 0.3) is 11.8 Å². The van der Waals surface area contributed by atoms with Crippen molar-refractivity contribution in [2.75, 3.05) is 13.2 Å². The second-order valence-electron chi connectivity index (χ2n) is 15.4. The van der Waals surface area contributed by atoms with Crippen LogP contribution in [0.3, 0.4) is 0 Å². The minimum atomic E-state index is -3.20. The number of hydrogen-bond donors (Lipinski definition) is 3. The van der Waals surface area contributed by atoms with Crippen LogP contribution in [0.1, 0.15) is 70.1 Å². The van der Waals surface area contributed by atoms with Gasteiger partial charge in [0.15, 0.2) is 12.2 Å². The van der Waals surface area contributed by atoms with Crippen molar-refractivity contribution in [2.45, 2.75) is 122 Å². The summed E-state index contributed by atoms with van der Waals surface area (Å²) in [7, 11) is 0. The highest BCUT2D eigenvalue weighted by Gasteiger charge is 2.54. The third kappa shape index (κ3) is 15.5. The van der Waals surface area contributed by atoms with Crippen molar-refractivity contribution < 1.29 is 61.3 Å². The molecule has 6 atom stereocenters. The molecular weight excluding hydrogens is 833 g/mol. The second-order valence-corrected chi connectivity index (χ2v) is 15.4. The van der Waals surface area contributed by atoms with Crippen LogP contribution in [0.25, 0.3) is 0 Å². The normalized spacial score (nSPS) is 23.0. The molecule has 348 valence electrons. The zero-order valence-corrected chi connectivity index (χ0v) is 34.3. The van der Waals surface area contributed by atoms with E-state index in [0.29, 0.717) is 24.7 Å². The number of benzene rings is 5. The van der Waals surface area contributed by atoms with Gasteiger partial charge in [-0.2, -0.15) is 0 Å². The number of hydrogen-bond acceptors (Lipinski definition) is 9. The fourth-order valence-corrected chi connectivity index (χ4v) is 7.09. The molecule has 8 rings (SSSR count). The first-order valence-electron chi connectivity index (χ1n) is 20.9. The van der Waals surface area contributed by atoms with E-state index in [0.717, 1.165) is 29.9 Å². The van der Waals surface area contributed by atoms with Gasteiger partial charge in [-0.15, -0.1) is 0 Å². The van der Waals surface area contributed by atoms with E-state index >= 15 is 8.78 Å². The molecule has 0 aromatic heterocycles. The van der Waals surface area contributed by atoms with Crippen LogP contribution in [0.2, 0.25) is 0 Å². The molecule has 5 aromatic carbocycles. The molecule has 1 saturated heterocycles. The van der Waals surface area contributed by atoms with Crippen molar-refractivity contribution in [1.82, 2.24) is 0 Å². The maximum Gasteiger partial charge on any atom is 0.286 e. The highest BCUT2D eigenvalue weighted by Crippen LogP contribution is 2.40. The van der Waals surface area contributed by atoms with E-state index in [-0.39, 0.29) is 52.2 Å². The average molecular weight is 895 g/mol. The molecular formula is C51H62F4O9. The molecule has 2 aliphatic carbocycles. The van der Waals surface area contributed by atoms with Crippen LogP contribution in [-0.2, 0) is 34.0 Å². The molecule has 0 bridgehead atoms. The predicted octanol–water partition coefficient (Wildman–Crippen LogP) is 11.0. The zero-order chi connectivity index (χ0) is 43.8. The number of aliphatic hydroxyl groups excluding tert-OH is 2. The molecule has 1 aliphatic heterocycles. The van der Waals surface area contributed by atoms with Gasteiger partial charge in [-0.25, -0.2) is 17.6 Å². The highest BCUT2D eigenvalue weighted by atomic mass is 19.3. The molecule has 13 heteroatoms. The molecule has 64 heavy (non-hydrogen) atoms. The fourth-order valence-electron chi connectivity index (χ4n) is 7.09. The lowest BCUT2D eigenvalue weighted by atomic mass is 9.88. The second kappa shape index (κ2) is 25.3. The van der Waals surface area contributed by atoms with E-state index < -0.39 is 54.9 Å². The lowest BCUT2D eigenvalue weighted by molar-refractivity contribution is -0.224. The standard InChI is InChI=1S/C33H32F2O4.C12H14F2O4.C4H8O.2CH4/c34-33(35)21-20-30(37-23-26-12-6-2-7-13-26)31(38-24-27-14-8-3-9-15-27)32(33)39-29-18-16-28(17-19-29)36-22-25-10-4-1-5-11-25;13-12(14)6-5-9(16)10(17)11(12)18-8-3-1-7(15)2-4-8;1-2-4-5-3-1;;/h1-19,30-32H,20-24H2;1-4,9-11,15-17H,5-6H2;1-4H2;2*1H4/t30-,31+,32+;9-,10+,11+;;;/m00.../s1. The van der Waals surface area contributed by atoms with Gasteiger partial charge < -0.3 is 43.7 Å². The van der Waals surface area contributed by atoms with Crippen LogP contribution in [0.4, 0.5) is 17.6 Å². The Balaban J connectivity index is 0.000000297. The maximum atomic E-state index is 15.4. The van der Waals surface area contributed by atoms with Crippen molar-refractivity contribution in [1.29, 1.82) is 0 Å². The molecule has 2 saturated carbocycles. The average Bonchev–Trinajstić information content (AvgIpc) is 3.89. The van der Waals surface area contributed by atoms with Crippen LogP contribution >= 0.6 is 0 Å². The molecule has 0 spiro atoms. The lowest BCUT2D eigenvalue weighted by Crippen LogP contribution is -2.57. The van der Waals surface area contributed by atoms with E-state index in [9.17, 15) is 19.0 Å². The van der Waals surface area contributed by atoms with Crippen molar-refractivity contribution >= 4 is 0 Å². The lowest BCUT2D eigenvalue weighted by Gasteiger charge is -2.42. The predicted molar refractivity (Wildman–Crippen MR) is 238 cm³/mol. The molecule has 1 heterocycles. The van der Waals surface area contributed by atoms with Gasteiger partial charge in [0.1, 0.15) is 41.8 Å². The number of phenolic OH excluding ortho intramolecular Hbond substituents is 1.